The van der Waals surface area contributed by atoms with E-state index in [1.807, 2.05) is 30.3 Å². The molecule has 1 fully saturated rings. The fraction of sp³-hybridized carbons (Fsp3) is 0.389. The normalized spacial score (nSPS) is 15.1. The maximum absolute atomic E-state index is 11.9. The van der Waals surface area contributed by atoms with Crippen molar-refractivity contribution in [2.45, 2.75) is 12.8 Å². The lowest BCUT2D eigenvalue weighted by atomic mass is 9.97. The molecule has 2 aromatic rings. The molecule has 0 aliphatic carbocycles. The molecule has 1 N–H and O–H groups in total. The number of para-hydroxylation sites is 1. The molecule has 1 aliphatic heterocycles. The van der Waals surface area contributed by atoms with Crippen molar-refractivity contribution in [1.82, 2.24) is 15.3 Å². The van der Waals surface area contributed by atoms with Crippen molar-refractivity contribution in [3.8, 4) is 5.75 Å². The van der Waals surface area contributed by atoms with Gasteiger partial charge < -0.3 is 15.0 Å². The van der Waals surface area contributed by atoms with E-state index < -0.39 is 0 Å². The van der Waals surface area contributed by atoms with Crippen LogP contribution in [0.25, 0.3) is 0 Å². The molecule has 0 atom stereocenters. The van der Waals surface area contributed by atoms with Gasteiger partial charge in [0.15, 0.2) is 6.61 Å². The zero-order chi connectivity index (χ0) is 16.6. The number of piperidine rings is 1. The van der Waals surface area contributed by atoms with Gasteiger partial charge in [0.05, 0.1) is 6.20 Å². The summed E-state index contributed by atoms with van der Waals surface area (Å²) in [7, 11) is 0. The fourth-order valence-corrected chi connectivity index (χ4v) is 2.80. The third-order valence-corrected chi connectivity index (χ3v) is 4.19. The van der Waals surface area contributed by atoms with Crippen molar-refractivity contribution in [3.63, 3.8) is 0 Å². The summed E-state index contributed by atoms with van der Waals surface area (Å²) in [5.74, 6) is 2.06. The van der Waals surface area contributed by atoms with E-state index in [-0.39, 0.29) is 12.5 Å². The molecule has 0 saturated carbocycles. The van der Waals surface area contributed by atoms with Crippen molar-refractivity contribution >= 4 is 11.7 Å². The molecule has 0 unspecified atom stereocenters. The van der Waals surface area contributed by atoms with Gasteiger partial charge in [-0.05, 0) is 30.9 Å². The van der Waals surface area contributed by atoms with Crippen LogP contribution in [0.1, 0.15) is 12.8 Å². The summed E-state index contributed by atoms with van der Waals surface area (Å²) in [5.41, 5.74) is 0. The number of aromatic nitrogens is 2. The first kappa shape index (κ1) is 16.2. The molecule has 0 radical (unpaired) electrons. The topological polar surface area (TPSA) is 67.3 Å². The Morgan fingerprint density at radius 2 is 2.00 bits per heavy atom. The Kier molecular flexibility index (Phi) is 5.61. The highest BCUT2D eigenvalue weighted by Gasteiger charge is 2.20. The minimum atomic E-state index is -0.0739. The Morgan fingerprint density at radius 1 is 1.21 bits per heavy atom. The fourth-order valence-electron chi connectivity index (χ4n) is 2.80. The lowest BCUT2D eigenvalue weighted by Gasteiger charge is -2.32. The predicted octanol–water partition coefficient (Wildman–Crippen LogP) is 1.89. The molecule has 6 heteroatoms. The summed E-state index contributed by atoms with van der Waals surface area (Å²) in [5, 5.41) is 2.97. The van der Waals surface area contributed by atoms with Crippen LogP contribution in [0.2, 0.25) is 0 Å². The number of carbonyl (C=O) groups excluding carboxylic acids is 1. The van der Waals surface area contributed by atoms with E-state index >= 15 is 0 Å². The molecule has 24 heavy (non-hydrogen) atoms. The van der Waals surface area contributed by atoms with Gasteiger partial charge in [-0.3, -0.25) is 9.78 Å². The lowest BCUT2D eigenvalue weighted by Crippen LogP contribution is -2.40. The highest BCUT2D eigenvalue weighted by atomic mass is 16.5. The largest absolute Gasteiger partial charge is 0.484 e. The summed E-state index contributed by atoms with van der Waals surface area (Å²) in [6.45, 7) is 2.65. The number of hydrogen-bond acceptors (Lipinski definition) is 5. The van der Waals surface area contributed by atoms with Crippen molar-refractivity contribution in [3.05, 3.63) is 48.9 Å². The van der Waals surface area contributed by atoms with E-state index in [2.05, 4.69) is 20.2 Å². The smallest absolute Gasteiger partial charge is 0.257 e. The molecule has 1 aromatic heterocycles. The van der Waals surface area contributed by atoms with Gasteiger partial charge in [0.1, 0.15) is 11.6 Å². The van der Waals surface area contributed by atoms with Crippen LogP contribution in [-0.2, 0) is 4.79 Å². The van der Waals surface area contributed by atoms with Gasteiger partial charge in [0, 0.05) is 32.0 Å². The number of nitrogens with one attached hydrogen (secondary N) is 1. The number of ether oxygens (including phenoxy) is 1. The van der Waals surface area contributed by atoms with Gasteiger partial charge in [-0.25, -0.2) is 4.98 Å². The standard InChI is InChI=1S/C18H22N4O2/c23-18(14-24-16-4-2-1-3-5-16)21-12-15-6-10-22(11-7-15)17-13-19-8-9-20-17/h1-5,8-9,13,15H,6-7,10-12,14H2,(H,21,23). The third-order valence-electron chi connectivity index (χ3n) is 4.19. The Bertz CT molecular complexity index is 628. The third kappa shape index (κ3) is 4.68. The Hall–Kier alpha value is -2.63. The minimum Gasteiger partial charge on any atom is -0.484 e. The molecule has 126 valence electrons. The average molecular weight is 326 g/mol. The van der Waals surface area contributed by atoms with E-state index in [4.69, 9.17) is 4.74 Å². The second-order valence-corrected chi connectivity index (χ2v) is 5.90. The van der Waals surface area contributed by atoms with E-state index in [9.17, 15) is 4.79 Å². The molecule has 1 aliphatic rings. The number of hydrogen-bond donors (Lipinski definition) is 1. The van der Waals surface area contributed by atoms with E-state index in [0.717, 1.165) is 31.7 Å². The molecule has 1 amide bonds. The minimum absolute atomic E-state index is 0.0580. The first-order valence-corrected chi connectivity index (χ1v) is 8.27. The summed E-state index contributed by atoms with van der Waals surface area (Å²) >= 11 is 0. The Morgan fingerprint density at radius 3 is 2.71 bits per heavy atom. The van der Waals surface area contributed by atoms with E-state index in [0.29, 0.717) is 18.2 Å². The van der Waals surface area contributed by atoms with Crippen LogP contribution in [0.3, 0.4) is 0 Å². The summed E-state index contributed by atoms with van der Waals surface area (Å²) in [6.07, 6.45) is 7.27. The Balaban J connectivity index is 1.35. The highest BCUT2D eigenvalue weighted by molar-refractivity contribution is 5.77. The van der Waals surface area contributed by atoms with E-state index in [1.165, 1.54) is 0 Å². The van der Waals surface area contributed by atoms with Crippen molar-refractivity contribution in [2.24, 2.45) is 5.92 Å². The first-order chi connectivity index (χ1) is 11.8. The van der Waals surface area contributed by atoms with Crippen LogP contribution in [0.4, 0.5) is 5.82 Å². The molecule has 0 spiro atoms. The second kappa shape index (κ2) is 8.29. The van der Waals surface area contributed by atoms with Gasteiger partial charge >= 0.3 is 0 Å². The van der Waals surface area contributed by atoms with Gasteiger partial charge in [0.2, 0.25) is 0 Å². The predicted molar refractivity (Wildman–Crippen MR) is 91.9 cm³/mol. The number of benzene rings is 1. The molecule has 2 heterocycles. The number of rotatable bonds is 6. The van der Waals surface area contributed by atoms with Crippen LogP contribution >= 0.6 is 0 Å². The zero-order valence-electron chi connectivity index (χ0n) is 13.6. The van der Waals surface area contributed by atoms with Crippen LogP contribution in [0.15, 0.2) is 48.9 Å². The van der Waals surface area contributed by atoms with Crippen LogP contribution in [-0.4, -0.2) is 42.1 Å². The van der Waals surface area contributed by atoms with Gasteiger partial charge in [-0.1, -0.05) is 18.2 Å². The van der Waals surface area contributed by atoms with Crippen molar-refractivity contribution in [2.75, 3.05) is 31.1 Å². The lowest BCUT2D eigenvalue weighted by molar-refractivity contribution is -0.123. The number of amides is 1. The number of carbonyl (C=O) groups is 1. The van der Waals surface area contributed by atoms with Crippen LogP contribution < -0.4 is 15.0 Å². The van der Waals surface area contributed by atoms with Gasteiger partial charge in [-0.15, -0.1) is 0 Å². The van der Waals surface area contributed by atoms with Crippen molar-refractivity contribution < 1.29 is 9.53 Å². The Labute approximate surface area is 141 Å². The monoisotopic (exact) mass is 326 g/mol. The number of anilines is 1. The van der Waals surface area contributed by atoms with Crippen molar-refractivity contribution in [1.29, 1.82) is 0 Å². The maximum Gasteiger partial charge on any atom is 0.257 e. The summed E-state index contributed by atoms with van der Waals surface area (Å²) in [6, 6.07) is 9.38. The molecular formula is C18H22N4O2. The van der Waals surface area contributed by atoms with Crippen LogP contribution in [0, 0.1) is 5.92 Å². The molecular weight excluding hydrogens is 304 g/mol. The molecule has 6 nitrogen and oxygen atoms in total. The highest BCUT2D eigenvalue weighted by Crippen LogP contribution is 2.20. The average Bonchev–Trinajstić information content (AvgIpc) is 2.67. The molecule has 0 bridgehead atoms. The van der Waals surface area contributed by atoms with Gasteiger partial charge in [-0.2, -0.15) is 0 Å². The molecule has 1 aromatic carbocycles. The zero-order valence-corrected chi connectivity index (χ0v) is 13.6. The van der Waals surface area contributed by atoms with Gasteiger partial charge in [0.25, 0.3) is 5.91 Å². The van der Waals surface area contributed by atoms with E-state index in [1.54, 1.807) is 18.6 Å². The first-order valence-electron chi connectivity index (χ1n) is 8.27. The molecule has 3 rings (SSSR count). The summed E-state index contributed by atoms with van der Waals surface area (Å²) < 4.78 is 5.45. The quantitative estimate of drug-likeness (QED) is 0.878. The number of nitrogens with zero attached hydrogens (tertiary/aromatic N) is 3. The summed E-state index contributed by atoms with van der Waals surface area (Å²) in [4.78, 5) is 22.6. The maximum atomic E-state index is 11.9. The SMILES string of the molecule is O=C(COc1ccccc1)NCC1CCN(c2cnccn2)CC1. The molecule has 1 saturated heterocycles. The second-order valence-electron chi connectivity index (χ2n) is 5.90. The van der Waals surface area contributed by atoms with Crippen LogP contribution in [0.5, 0.6) is 5.75 Å².